The molecule has 0 saturated heterocycles. The quantitative estimate of drug-likeness (QED) is 0.256. The van der Waals surface area contributed by atoms with Gasteiger partial charge in [0.05, 0.1) is 0 Å². The second-order valence-corrected chi connectivity index (χ2v) is 4.97. The summed E-state index contributed by atoms with van der Waals surface area (Å²) in [5, 5.41) is 0. The summed E-state index contributed by atoms with van der Waals surface area (Å²) >= 11 is 0. The highest BCUT2D eigenvalue weighted by Crippen LogP contribution is 2.12. The van der Waals surface area contributed by atoms with Crippen LogP contribution in [0.5, 0.6) is 0 Å². The van der Waals surface area contributed by atoms with Gasteiger partial charge in [0.15, 0.2) is 0 Å². The predicted molar refractivity (Wildman–Crippen MR) is 75.9 cm³/mol. The Morgan fingerprint density at radius 1 is 0.625 bits per heavy atom. The minimum absolute atomic E-state index is 1.21. The molecule has 0 aliphatic rings. The molecule has 0 radical (unpaired) electrons. The molecule has 0 bridgehead atoms. The van der Waals surface area contributed by atoms with Crippen molar-refractivity contribution in [1.29, 1.82) is 0 Å². The summed E-state index contributed by atoms with van der Waals surface area (Å²) in [6, 6.07) is 0. The van der Waals surface area contributed by atoms with Gasteiger partial charge in [0.25, 0.3) is 0 Å². The Kier molecular flexibility index (Phi) is 14.5. The molecule has 0 heterocycles. The van der Waals surface area contributed by atoms with Crippen molar-refractivity contribution in [3.05, 3.63) is 12.7 Å². The standard InChI is InChI=1S/C16H32/c1-3-5-7-9-11-13-15-16-14-12-10-8-6-4-2/h3H,1,4-16H2,2H3. The Balaban J connectivity index is 2.85. The van der Waals surface area contributed by atoms with E-state index in [-0.39, 0.29) is 0 Å². The maximum atomic E-state index is 3.75. The smallest absolute Gasteiger partial charge is 0.0353 e. The van der Waals surface area contributed by atoms with E-state index in [0.717, 1.165) is 0 Å². The fourth-order valence-corrected chi connectivity index (χ4v) is 2.13. The molecule has 0 aliphatic heterocycles. The van der Waals surface area contributed by atoms with Gasteiger partial charge in [-0.1, -0.05) is 83.6 Å². The first-order valence-corrected chi connectivity index (χ1v) is 7.52. The van der Waals surface area contributed by atoms with E-state index in [9.17, 15) is 0 Å². The molecular weight excluding hydrogens is 192 g/mol. The highest BCUT2D eigenvalue weighted by atomic mass is 14.0. The molecule has 0 nitrogen and oxygen atoms in total. The average molecular weight is 224 g/mol. The topological polar surface area (TPSA) is 0 Å². The zero-order valence-corrected chi connectivity index (χ0v) is 11.5. The van der Waals surface area contributed by atoms with Crippen LogP contribution in [0, 0.1) is 0 Å². The van der Waals surface area contributed by atoms with Crippen LogP contribution in [0.15, 0.2) is 12.7 Å². The third-order valence-electron chi connectivity index (χ3n) is 3.26. The van der Waals surface area contributed by atoms with Crippen LogP contribution in [0.1, 0.15) is 90.4 Å². The van der Waals surface area contributed by atoms with E-state index in [1.165, 1.54) is 83.5 Å². The summed E-state index contributed by atoms with van der Waals surface area (Å²) in [5.41, 5.74) is 0. The van der Waals surface area contributed by atoms with Gasteiger partial charge in [0.1, 0.15) is 0 Å². The van der Waals surface area contributed by atoms with Crippen molar-refractivity contribution in [2.75, 3.05) is 0 Å². The summed E-state index contributed by atoms with van der Waals surface area (Å²) in [4.78, 5) is 0. The fraction of sp³-hybridized carbons (Fsp3) is 0.875. The molecule has 0 aromatic carbocycles. The molecule has 0 N–H and O–H groups in total. The Hall–Kier alpha value is -0.260. The van der Waals surface area contributed by atoms with Crippen molar-refractivity contribution in [2.45, 2.75) is 90.4 Å². The van der Waals surface area contributed by atoms with Crippen LogP contribution in [0.4, 0.5) is 0 Å². The van der Waals surface area contributed by atoms with Gasteiger partial charge in [-0.3, -0.25) is 0 Å². The van der Waals surface area contributed by atoms with Gasteiger partial charge in [0, 0.05) is 0 Å². The van der Waals surface area contributed by atoms with Gasteiger partial charge in [0.2, 0.25) is 0 Å². The van der Waals surface area contributed by atoms with Gasteiger partial charge in [-0.05, 0) is 12.8 Å². The SMILES string of the molecule is C=CCCCCCCCCCCCCCC. The lowest BCUT2D eigenvalue weighted by atomic mass is 10.0. The molecule has 16 heavy (non-hydrogen) atoms. The van der Waals surface area contributed by atoms with E-state index >= 15 is 0 Å². The van der Waals surface area contributed by atoms with Crippen LogP contribution in [0.2, 0.25) is 0 Å². The summed E-state index contributed by atoms with van der Waals surface area (Å²) < 4.78 is 0. The number of hydrogen-bond donors (Lipinski definition) is 0. The Bertz CT molecular complexity index is 126. The van der Waals surface area contributed by atoms with Gasteiger partial charge in [-0.25, -0.2) is 0 Å². The van der Waals surface area contributed by atoms with E-state index < -0.39 is 0 Å². The third-order valence-corrected chi connectivity index (χ3v) is 3.26. The molecule has 0 aromatic rings. The zero-order valence-electron chi connectivity index (χ0n) is 11.5. The number of unbranched alkanes of at least 4 members (excludes halogenated alkanes) is 12. The summed E-state index contributed by atoms with van der Waals surface area (Å²) in [7, 11) is 0. The van der Waals surface area contributed by atoms with Gasteiger partial charge in [-0.15, -0.1) is 6.58 Å². The Labute approximate surface area is 104 Å². The van der Waals surface area contributed by atoms with E-state index in [2.05, 4.69) is 13.5 Å². The minimum atomic E-state index is 1.21. The van der Waals surface area contributed by atoms with Crippen LogP contribution in [0.25, 0.3) is 0 Å². The molecule has 0 saturated carbocycles. The third kappa shape index (κ3) is 13.7. The molecule has 0 fully saturated rings. The molecule has 0 aliphatic carbocycles. The van der Waals surface area contributed by atoms with Crippen molar-refractivity contribution in [3.63, 3.8) is 0 Å². The maximum absolute atomic E-state index is 3.75. The highest BCUT2D eigenvalue weighted by Gasteiger charge is 1.92. The second-order valence-electron chi connectivity index (χ2n) is 4.97. The molecule has 0 spiro atoms. The molecule has 96 valence electrons. The highest BCUT2D eigenvalue weighted by molar-refractivity contribution is 4.65. The van der Waals surface area contributed by atoms with Crippen molar-refractivity contribution in [3.8, 4) is 0 Å². The zero-order chi connectivity index (χ0) is 11.9. The van der Waals surface area contributed by atoms with Crippen LogP contribution >= 0.6 is 0 Å². The lowest BCUT2D eigenvalue weighted by Gasteiger charge is -2.02. The van der Waals surface area contributed by atoms with E-state index in [0.29, 0.717) is 0 Å². The molecular formula is C16H32. The van der Waals surface area contributed by atoms with Crippen molar-refractivity contribution >= 4 is 0 Å². The number of rotatable bonds is 13. The normalized spacial score (nSPS) is 10.6. The first-order valence-electron chi connectivity index (χ1n) is 7.52. The molecule has 0 unspecified atom stereocenters. The largest absolute Gasteiger partial charge is 0.103 e. The molecule has 0 atom stereocenters. The van der Waals surface area contributed by atoms with Crippen molar-refractivity contribution < 1.29 is 0 Å². The van der Waals surface area contributed by atoms with Gasteiger partial charge < -0.3 is 0 Å². The Morgan fingerprint density at radius 3 is 1.38 bits per heavy atom. The first-order chi connectivity index (χ1) is 7.91. The van der Waals surface area contributed by atoms with Crippen molar-refractivity contribution in [1.82, 2.24) is 0 Å². The van der Waals surface area contributed by atoms with Gasteiger partial charge >= 0.3 is 0 Å². The minimum Gasteiger partial charge on any atom is -0.103 e. The molecule has 0 amide bonds. The Morgan fingerprint density at radius 2 is 1.00 bits per heavy atom. The van der Waals surface area contributed by atoms with Gasteiger partial charge in [-0.2, -0.15) is 0 Å². The monoisotopic (exact) mass is 224 g/mol. The molecule has 0 heteroatoms. The number of allylic oxidation sites excluding steroid dienone is 1. The molecule has 0 aromatic heterocycles. The summed E-state index contributed by atoms with van der Waals surface area (Å²) in [6.45, 7) is 6.03. The summed E-state index contributed by atoms with van der Waals surface area (Å²) in [6.07, 6.45) is 20.5. The van der Waals surface area contributed by atoms with E-state index in [1.54, 1.807) is 0 Å². The summed E-state index contributed by atoms with van der Waals surface area (Å²) in [5.74, 6) is 0. The second kappa shape index (κ2) is 14.7. The average Bonchev–Trinajstić information content (AvgIpc) is 2.31. The van der Waals surface area contributed by atoms with Crippen LogP contribution in [-0.2, 0) is 0 Å². The van der Waals surface area contributed by atoms with Crippen molar-refractivity contribution in [2.24, 2.45) is 0 Å². The van der Waals surface area contributed by atoms with Crippen LogP contribution in [-0.4, -0.2) is 0 Å². The predicted octanol–water partition coefficient (Wildman–Crippen LogP) is 6.26. The van der Waals surface area contributed by atoms with E-state index in [4.69, 9.17) is 0 Å². The fourth-order valence-electron chi connectivity index (χ4n) is 2.13. The lowest BCUT2D eigenvalue weighted by molar-refractivity contribution is 0.545. The molecule has 0 rings (SSSR count). The van der Waals surface area contributed by atoms with E-state index in [1.807, 2.05) is 6.08 Å². The van der Waals surface area contributed by atoms with Crippen LogP contribution in [0.3, 0.4) is 0 Å². The lowest BCUT2D eigenvalue weighted by Crippen LogP contribution is -1.82. The number of hydrogen-bond acceptors (Lipinski definition) is 0. The van der Waals surface area contributed by atoms with Crippen LogP contribution < -0.4 is 0 Å². The first kappa shape index (κ1) is 15.7. The maximum Gasteiger partial charge on any atom is -0.0353 e.